The first kappa shape index (κ1) is 32.6. The number of hydrogen-bond donors (Lipinski definition) is 3. The van der Waals surface area contributed by atoms with Gasteiger partial charge in [-0.25, -0.2) is 0 Å². The molecule has 0 radical (unpaired) electrons. The summed E-state index contributed by atoms with van der Waals surface area (Å²) in [4.78, 5) is 25.5. The second-order valence-corrected chi connectivity index (χ2v) is 15.0. The van der Waals surface area contributed by atoms with Crippen LogP contribution in [0.5, 0.6) is 0 Å². The minimum atomic E-state index is -4.29. The molecule has 0 aromatic heterocycles. The fraction of sp³-hybridized carbons (Fsp3) is 0.286. The molecule has 5 rings (SSSR count). The van der Waals surface area contributed by atoms with E-state index in [0.717, 1.165) is 58.9 Å². The van der Waals surface area contributed by atoms with Gasteiger partial charge in [0.25, 0.3) is 0 Å². The van der Waals surface area contributed by atoms with Crippen molar-refractivity contribution in [2.24, 2.45) is 0 Å². The maximum Gasteiger partial charge on any atom is 0.344 e. The molecule has 6 nitrogen and oxygen atoms in total. The third-order valence-electron chi connectivity index (χ3n) is 8.77. The Morgan fingerprint density at radius 1 is 0.932 bits per heavy atom. The van der Waals surface area contributed by atoms with Gasteiger partial charge in [0.15, 0.2) is 11.9 Å². The van der Waals surface area contributed by atoms with Crippen LogP contribution >= 0.6 is 39.5 Å². The van der Waals surface area contributed by atoms with Crippen LogP contribution in [0.2, 0.25) is 0 Å². The summed E-state index contributed by atoms with van der Waals surface area (Å²) in [7, 11) is -4.29. The predicted molar refractivity (Wildman–Crippen MR) is 189 cm³/mol. The van der Waals surface area contributed by atoms with Crippen molar-refractivity contribution in [3.8, 4) is 0 Å². The third kappa shape index (κ3) is 6.33. The monoisotopic (exact) mass is 738 g/mol. The van der Waals surface area contributed by atoms with E-state index in [2.05, 4.69) is 147 Å². The lowest BCUT2D eigenvalue weighted by molar-refractivity contribution is -0.356. The molecule has 0 amide bonds. The van der Waals surface area contributed by atoms with Crippen LogP contribution < -0.4 is 10.2 Å². The Hall–Kier alpha value is -2.74. The quantitative estimate of drug-likeness (QED) is 0.186. The molecule has 0 atom stereocenters. The molecule has 0 saturated carbocycles. The molecule has 2 aliphatic heterocycles. The minimum absolute atomic E-state index is 0.229. The molecule has 2 heterocycles. The number of rotatable bonds is 8. The fourth-order valence-corrected chi connectivity index (χ4v) is 7.44. The highest BCUT2D eigenvalue weighted by Gasteiger charge is 2.44. The lowest BCUT2D eigenvalue weighted by Gasteiger charge is -2.26. The van der Waals surface area contributed by atoms with Gasteiger partial charge >= 0.3 is 7.60 Å². The number of hydrogen-bond acceptors (Lipinski definition) is 3. The first-order chi connectivity index (χ1) is 20.9. The standard InChI is InChI=1S/C35H38Br2N3O3P/c1-34(2)27-12-5-7-14-29(27)39(22-20-36)31(34)18-16-25-10-9-11-26(33(25)38-24-44(41,42)43)17-19-32-35(3,4)28-13-6-8-15-30(28)40(32)23-21-37/h5-8,12-23H,9-11,24H2,1-4H3,(H2,41,42,43)/p+1/b22-20+,23-21+,25-16+,31-18+. The summed E-state index contributed by atoms with van der Waals surface area (Å²) in [5, 5.41) is 3.15. The minimum Gasteiger partial charge on any atom is -0.374 e. The number of allylic oxidation sites excluding steroid dienone is 7. The summed E-state index contributed by atoms with van der Waals surface area (Å²) in [6, 6.07) is 16.8. The Morgan fingerprint density at radius 3 is 2.34 bits per heavy atom. The van der Waals surface area contributed by atoms with E-state index < -0.39 is 13.9 Å². The second-order valence-electron chi connectivity index (χ2n) is 12.3. The Labute approximate surface area is 277 Å². The zero-order valence-electron chi connectivity index (χ0n) is 25.5. The molecule has 0 saturated heterocycles. The van der Waals surface area contributed by atoms with Crippen molar-refractivity contribution in [2.45, 2.75) is 57.8 Å². The first-order valence-electron chi connectivity index (χ1n) is 14.7. The van der Waals surface area contributed by atoms with Crippen LogP contribution in [0.4, 0.5) is 11.4 Å². The lowest BCUT2D eigenvalue weighted by atomic mass is 9.81. The van der Waals surface area contributed by atoms with Gasteiger partial charge in [-0.15, -0.1) is 0 Å². The number of fused-ring (bicyclic) bond motifs is 2. The number of halogens is 2. The highest BCUT2D eigenvalue weighted by Crippen LogP contribution is 2.48. The van der Waals surface area contributed by atoms with Crippen LogP contribution in [-0.2, 0) is 15.4 Å². The van der Waals surface area contributed by atoms with E-state index in [1.807, 2.05) is 22.4 Å². The van der Waals surface area contributed by atoms with Crippen LogP contribution in [0, 0.1) is 0 Å². The van der Waals surface area contributed by atoms with Gasteiger partial charge in [0.05, 0.1) is 5.41 Å². The SMILES string of the molecule is CC1(C)C(/C=C/C2=C(NCP(=O)(O)O)C(=C/C=C3/N(/C=C/Br)c4ccccc4C3(C)C)/CCC2)=[N+](/C=C/Br)c2ccccc21. The molecule has 230 valence electrons. The Kier molecular flexibility index (Phi) is 9.60. The van der Waals surface area contributed by atoms with Gasteiger partial charge in [0, 0.05) is 51.4 Å². The van der Waals surface area contributed by atoms with Gasteiger partial charge in [0.2, 0.25) is 5.69 Å². The lowest BCUT2D eigenvalue weighted by Crippen LogP contribution is -2.26. The van der Waals surface area contributed by atoms with Crippen LogP contribution in [0.15, 0.2) is 118 Å². The molecule has 0 spiro atoms. The molecule has 44 heavy (non-hydrogen) atoms. The molecular weight excluding hydrogens is 701 g/mol. The van der Waals surface area contributed by atoms with Crippen molar-refractivity contribution in [2.75, 3.05) is 11.2 Å². The molecule has 3 aliphatic rings. The van der Waals surface area contributed by atoms with Gasteiger partial charge < -0.3 is 20.0 Å². The van der Waals surface area contributed by atoms with E-state index in [9.17, 15) is 14.4 Å². The van der Waals surface area contributed by atoms with Gasteiger partial charge in [-0.2, -0.15) is 4.58 Å². The summed E-state index contributed by atoms with van der Waals surface area (Å²) < 4.78 is 14.2. The molecule has 2 aromatic rings. The van der Waals surface area contributed by atoms with Gasteiger partial charge in [0.1, 0.15) is 6.29 Å². The Balaban J connectivity index is 1.60. The number of nitrogens with one attached hydrogen (secondary N) is 1. The molecule has 0 unspecified atom stereocenters. The zero-order chi connectivity index (χ0) is 31.7. The number of para-hydroxylation sites is 2. The first-order valence-corrected chi connectivity index (χ1v) is 18.3. The summed E-state index contributed by atoms with van der Waals surface area (Å²) in [6.45, 7) is 8.90. The predicted octanol–water partition coefficient (Wildman–Crippen LogP) is 9.12. The molecule has 3 N–H and O–H groups in total. The molecule has 0 bridgehead atoms. The molecule has 2 aromatic carbocycles. The van der Waals surface area contributed by atoms with Crippen molar-refractivity contribution in [3.63, 3.8) is 0 Å². The molecule has 1 aliphatic carbocycles. The largest absolute Gasteiger partial charge is 0.374 e. The molecule has 9 heteroatoms. The smallest absolute Gasteiger partial charge is 0.344 e. The summed E-state index contributed by atoms with van der Waals surface area (Å²) in [5.74, 6) is 0. The number of benzene rings is 2. The van der Waals surface area contributed by atoms with Crippen molar-refractivity contribution in [3.05, 3.63) is 129 Å². The average Bonchev–Trinajstić information content (AvgIpc) is 3.33. The topological polar surface area (TPSA) is 75.8 Å². The van der Waals surface area contributed by atoms with Crippen molar-refractivity contribution in [1.82, 2.24) is 5.32 Å². The molecular formula is C35H39Br2N3O3P+. The summed E-state index contributed by atoms with van der Waals surface area (Å²) in [6.07, 6.45) is 14.7. The third-order valence-corrected chi connectivity index (χ3v) is 9.81. The normalized spacial score (nSPS) is 21.5. The van der Waals surface area contributed by atoms with E-state index in [1.54, 1.807) is 0 Å². The number of nitrogens with zero attached hydrogens (tertiary/aromatic N) is 2. The van der Waals surface area contributed by atoms with E-state index in [0.29, 0.717) is 0 Å². The van der Waals surface area contributed by atoms with Crippen LogP contribution in [-0.4, -0.2) is 26.4 Å². The van der Waals surface area contributed by atoms with Crippen LogP contribution in [0.3, 0.4) is 0 Å². The Bertz CT molecular complexity index is 1720. The van der Waals surface area contributed by atoms with Crippen LogP contribution in [0.25, 0.3) is 0 Å². The van der Waals surface area contributed by atoms with Crippen LogP contribution in [0.1, 0.15) is 58.1 Å². The summed E-state index contributed by atoms with van der Waals surface area (Å²) >= 11 is 6.92. The Morgan fingerprint density at radius 2 is 1.64 bits per heavy atom. The van der Waals surface area contributed by atoms with Gasteiger partial charge in [-0.3, -0.25) is 4.57 Å². The average molecular weight is 740 g/mol. The van der Waals surface area contributed by atoms with E-state index in [1.165, 1.54) is 11.1 Å². The summed E-state index contributed by atoms with van der Waals surface area (Å²) in [5.41, 5.74) is 9.41. The zero-order valence-corrected chi connectivity index (χ0v) is 29.5. The van der Waals surface area contributed by atoms with Crippen molar-refractivity contribution < 1.29 is 18.9 Å². The number of anilines is 1. The maximum absolute atomic E-state index is 12.0. The maximum atomic E-state index is 12.0. The van der Waals surface area contributed by atoms with E-state index in [4.69, 9.17) is 0 Å². The highest BCUT2D eigenvalue weighted by atomic mass is 79.9. The highest BCUT2D eigenvalue weighted by molar-refractivity contribution is 9.11. The van der Waals surface area contributed by atoms with Crippen molar-refractivity contribution in [1.29, 1.82) is 0 Å². The van der Waals surface area contributed by atoms with E-state index >= 15 is 0 Å². The van der Waals surface area contributed by atoms with Gasteiger partial charge in [-0.05, 0) is 66.9 Å². The van der Waals surface area contributed by atoms with E-state index in [-0.39, 0.29) is 10.8 Å². The second kappa shape index (κ2) is 12.9. The fourth-order valence-electron chi connectivity index (χ4n) is 6.60. The van der Waals surface area contributed by atoms with Crippen molar-refractivity contribution >= 4 is 56.5 Å². The molecule has 0 fully saturated rings. The van der Waals surface area contributed by atoms with Gasteiger partial charge in [-0.1, -0.05) is 94.3 Å².